The Labute approximate surface area is 131 Å². The standard InChI is InChI=1S/C15H21ClN2O.ClH/c1-10(17)7-8-13(19)18-9-15(2,3)14-11(16)5-4-6-12(14)18;/h4-6,10H,7-9,17H2,1-3H3;1H. The molecule has 3 nitrogen and oxygen atoms in total. The van der Waals surface area contributed by atoms with Gasteiger partial charge in [-0.25, -0.2) is 0 Å². The Kier molecular flexibility index (Phi) is 5.47. The van der Waals surface area contributed by atoms with Gasteiger partial charge in [0.1, 0.15) is 0 Å². The summed E-state index contributed by atoms with van der Waals surface area (Å²) < 4.78 is 0. The van der Waals surface area contributed by atoms with Gasteiger partial charge in [0.2, 0.25) is 5.91 Å². The van der Waals surface area contributed by atoms with E-state index >= 15 is 0 Å². The predicted molar refractivity (Wildman–Crippen MR) is 87.0 cm³/mol. The average molecular weight is 317 g/mol. The van der Waals surface area contributed by atoms with Crippen LogP contribution < -0.4 is 10.6 Å². The van der Waals surface area contributed by atoms with Crippen LogP contribution in [-0.4, -0.2) is 18.5 Å². The van der Waals surface area contributed by atoms with Crippen LogP contribution in [0.5, 0.6) is 0 Å². The third-order valence-electron chi connectivity index (χ3n) is 3.63. The number of nitrogens with two attached hydrogens (primary N) is 1. The van der Waals surface area contributed by atoms with Crippen LogP contribution in [0.1, 0.15) is 39.2 Å². The second-order valence-electron chi connectivity index (χ2n) is 6.01. The highest BCUT2D eigenvalue weighted by Gasteiger charge is 2.39. The minimum absolute atomic E-state index is 0. The first-order chi connectivity index (χ1) is 8.83. The second-order valence-corrected chi connectivity index (χ2v) is 6.42. The van der Waals surface area contributed by atoms with E-state index in [1.54, 1.807) is 0 Å². The number of hydrogen-bond acceptors (Lipinski definition) is 2. The fourth-order valence-corrected chi connectivity index (χ4v) is 3.10. The highest BCUT2D eigenvalue weighted by atomic mass is 35.5. The lowest BCUT2D eigenvalue weighted by atomic mass is 9.87. The Hall–Kier alpha value is -0.770. The fraction of sp³-hybridized carbons (Fsp3) is 0.533. The molecule has 1 amide bonds. The van der Waals surface area contributed by atoms with Gasteiger partial charge < -0.3 is 10.6 Å². The van der Waals surface area contributed by atoms with E-state index in [4.69, 9.17) is 17.3 Å². The van der Waals surface area contributed by atoms with Crippen molar-refractivity contribution in [3.63, 3.8) is 0 Å². The maximum absolute atomic E-state index is 12.3. The molecule has 1 atom stereocenters. The van der Waals surface area contributed by atoms with Gasteiger partial charge in [-0.2, -0.15) is 0 Å². The van der Waals surface area contributed by atoms with Gasteiger partial charge in [0.25, 0.3) is 0 Å². The number of amides is 1. The fourth-order valence-electron chi connectivity index (χ4n) is 2.68. The Morgan fingerprint density at radius 3 is 2.75 bits per heavy atom. The van der Waals surface area contributed by atoms with Crippen molar-refractivity contribution < 1.29 is 4.79 Å². The highest BCUT2D eigenvalue weighted by Crippen LogP contribution is 2.44. The summed E-state index contributed by atoms with van der Waals surface area (Å²) in [6.07, 6.45) is 1.20. The summed E-state index contributed by atoms with van der Waals surface area (Å²) in [6.45, 7) is 6.85. The first-order valence-electron chi connectivity index (χ1n) is 6.68. The Balaban J connectivity index is 0.00000200. The number of halogens is 2. The molecule has 1 aliphatic heterocycles. The van der Waals surface area contributed by atoms with Crippen LogP contribution in [0.3, 0.4) is 0 Å². The van der Waals surface area contributed by atoms with Crippen LogP contribution in [0.25, 0.3) is 0 Å². The van der Waals surface area contributed by atoms with Gasteiger partial charge in [-0.3, -0.25) is 4.79 Å². The number of carbonyl (C=O) groups is 1. The van der Waals surface area contributed by atoms with Crippen LogP contribution >= 0.6 is 24.0 Å². The zero-order valence-corrected chi connectivity index (χ0v) is 13.7. The van der Waals surface area contributed by atoms with Gasteiger partial charge >= 0.3 is 0 Å². The van der Waals surface area contributed by atoms with Crippen molar-refractivity contribution >= 4 is 35.6 Å². The molecule has 0 radical (unpaired) electrons. The molecule has 0 spiro atoms. The molecular formula is C15H22Cl2N2O. The zero-order chi connectivity index (χ0) is 14.2. The molecule has 1 heterocycles. The Morgan fingerprint density at radius 2 is 2.15 bits per heavy atom. The lowest BCUT2D eigenvalue weighted by Gasteiger charge is -2.21. The summed E-state index contributed by atoms with van der Waals surface area (Å²) in [5.74, 6) is 0.131. The smallest absolute Gasteiger partial charge is 0.227 e. The summed E-state index contributed by atoms with van der Waals surface area (Å²) in [7, 11) is 0. The van der Waals surface area contributed by atoms with Gasteiger partial charge in [-0.15, -0.1) is 12.4 Å². The molecule has 5 heteroatoms. The van der Waals surface area contributed by atoms with E-state index in [0.717, 1.165) is 16.3 Å². The van der Waals surface area contributed by atoms with Crippen LogP contribution in [0.15, 0.2) is 18.2 Å². The molecule has 0 saturated heterocycles. The number of hydrogen-bond donors (Lipinski definition) is 1. The zero-order valence-electron chi connectivity index (χ0n) is 12.1. The molecule has 112 valence electrons. The Morgan fingerprint density at radius 1 is 1.50 bits per heavy atom. The van der Waals surface area contributed by atoms with Crippen molar-refractivity contribution in [1.82, 2.24) is 0 Å². The van der Waals surface area contributed by atoms with Gasteiger partial charge in [0.15, 0.2) is 0 Å². The van der Waals surface area contributed by atoms with Crippen molar-refractivity contribution in [3.05, 3.63) is 28.8 Å². The highest BCUT2D eigenvalue weighted by molar-refractivity contribution is 6.32. The molecular weight excluding hydrogens is 295 g/mol. The third kappa shape index (κ3) is 3.27. The molecule has 0 fully saturated rings. The first-order valence-corrected chi connectivity index (χ1v) is 7.05. The van der Waals surface area contributed by atoms with Gasteiger partial charge in [-0.05, 0) is 25.5 Å². The molecule has 20 heavy (non-hydrogen) atoms. The third-order valence-corrected chi connectivity index (χ3v) is 3.94. The van der Waals surface area contributed by atoms with Gasteiger partial charge in [0, 0.05) is 40.7 Å². The van der Waals surface area contributed by atoms with Crippen LogP contribution in [0.2, 0.25) is 5.02 Å². The number of carbonyl (C=O) groups excluding carboxylic acids is 1. The largest absolute Gasteiger partial charge is 0.328 e. The summed E-state index contributed by atoms with van der Waals surface area (Å²) in [5, 5.41) is 0.741. The molecule has 0 saturated carbocycles. The number of benzene rings is 1. The minimum atomic E-state index is -0.0995. The van der Waals surface area contributed by atoms with E-state index in [2.05, 4.69) is 13.8 Å². The van der Waals surface area contributed by atoms with Crippen LogP contribution in [0, 0.1) is 0 Å². The molecule has 1 unspecified atom stereocenters. The summed E-state index contributed by atoms with van der Waals surface area (Å²) in [4.78, 5) is 14.2. The number of nitrogens with zero attached hydrogens (tertiary/aromatic N) is 1. The topological polar surface area (TPSA) is 46.3 Å². The van der Waals surface area contributed by atoms with Gasteiger partial charge in [-0.1, -0.05) is 31.5 Å². The molecule has 1 aromatic carbocycles. The normalized spacial score (nSPS) is 17.4. The van der Waals surface area contributed by atoms with Crippen molar-refractivity contribution in [3.8, 4) is 0 Å². The molecule has 1 aromatic rings. The summed E-state index contributed by atoms with van der Waals surface area (Å²) >= 11 is 6.29. The molecule has 0 aromatic heterocycles. The maximum atomic E-state index is 12.3. The minimum Gasteiger partial charge on any atom is -0.328 e. The first kappa shape index (κ1) is 17.3. The summed E-state index contributed by atoms with van der Waals surface area (Å²) in [6, 6.07) is 5.81. The van der Waals surface area contributed by atoms with Crippen molar-refractivity contribution in [1.29, 1.82) is 0 Å². The van der Waals surface area contributed by atoms with Crippen molar-refractivity contribution in [2.45, 2.75) is 45.1 Å². The van der Waals surface area contributed by atoms with Gasteiger partial charge in [0.05, 0.1) is 0 Å². The second kappa shape index (κ2) is 6.33. The molecule has 2 rings (SSSR count). The van der Waals surface area contributed by atoms with E-state index in [1.807, 2.05) is 30.0 Å². The lowest BCUT2D eigenvalue weighted by Crippen LogP contribution is -2.34. The molecule has 1 aliphatic rings. The monoisotopic (exact) mass is 316 g/mol. The lowest BCUT2D eigenvalue weighted by molar-refractivity contribution is -0.118. The Bertz CT molecular complexity index is 501. The number of fused-ring (bicyclic) bond motifs is 1. The van der Waals surface area contributed by atoms with Crippen LogP contribution in [0.4, 0.5) is 5.69 Å². The SMILES string of the molecule is CC(N)CCC(=O)N1CC(C)(C)c2c(Cl)cccc21.Cl. The summed E-state index contributed by atoms with van der Waals surface area (Å²) in [5.41, 5.74) is 7.65. The molecule has 2 N–H and O–H groups in total. The average Bonchev–Trinajstić information content (AvgIpc) is 2.59. The van der Waals surface area contributed by atoms with E-state index in [9.17, 15) is 4.79 Å². The number of anilines is 1. The molecule has 0 bridgehead atoms. The molecule has 0 aliphatic carbocycles. The quantitative estimate of drug-likeness (QED) is 0.927. The predicted octanol–water partition coefficient (Wildman–Crippen LogP) is 3.51. The van der Waals surface area contributed by atoms with Crippen molar-refractivity contribution in [2.75, 3.05) is 11.4 Å². The van der Waals surface area contributed by atoms with Crippen molar-refractivity contribution in [2.24, 2.45) is 5.73 Å². The maximum Gasteiger partial charge on any atom is 0.227 e. The van der Waals surface area contributed by atoms with E-state index < -0.39 is 0 Å². The van der Waals surface area contributed by atoms with E-state index in [-0.39, 0.29) is 29.8 Å². The van der Waals surface area contributed by atoms with Crippen LogP contribution in [-0.2, 0) is 10.2 Å². The number of rotatable bonds is 3. The van der Waals surface area contributed by atoms with E-state index in [0.29, 0.717) is 19.4 Å². The van der Waals surface area contributed by atoms with E-state index in [1.165, 1.54) is 0 Å².